The largest absolute Gasteiger partial charge is 0.390 e. The van der Waals surface area contributed by atoms with E-state index in [0.717, 1.165) is 12.8 Å². The van der Waals surface area contributed by atoms with Gasteiger partial charge in [0.2, 0.25) is 0 Å². The molecule has 0 bridgehead atoms. The highest BCUT2D eigenvalue weighted by Crippen LogP contribution is 2.42. The number of hydrogen-bond donors (Lipinski definition) is 1. The Kier molecular flexibility index (Phi) is 4.19. The lowest BCUT2D eigenvalue weighted by atomic mass is 9.66. The Bertz CT molecular complexity index is 328. The van der Waals surface area contributed by atoms with E-state index in [4.69, 9.17) is 4.74 Å². The second-order valence-electron chi connectivity index (χ2n) is 5.05. The van der Waals surface area contributed by atoms with Crippen molar-refractivity contribution in [2.24, 2.45) is 0 Å². The van der Waals surface area contributed by atoms with Gasteiger partial charge in [-0.15, -0.1) is 0 Å². The molecule has 1 aliphatic carbocycles. The number of ether oxygens (including phenoxy) is 1. The van der Waals surface area contributed by atoms with E-state index in [9.17, 15) is 5.11 Å². The maximum Gasteiger partial charge on any atom is 0.0869 e. The fourth-order valence-corrected chi connectivity index (χ4v) is 3.08. The maximum absolute atomic E-state index is 10.5. The van der Waals surface area contributed by atoms with Crippen LogP contribution in [-0.4, -0.2) is 24.9 Å². The molecule has 17 heavy (non-hydrogen) atoms. The van der Waals surface area contributed by atoms with Gasteiger partial charge >= 0.3 is 0 Å². The molecule has 0 aromatic heterocycles. The molecule has 94 valence electrons. The third-order valence-electron chi connectivity index (χ3n) is 4.06. The van der Waals surface area contributed by atoms with Gasteiger partial charge in [0, 0.05) is 12.5 Å². The summed E-state index contributed by atoms with van der Waals surface area (Å²) < 4.78 is 5.15. The lowest BCUT2D eigenvalue weighted by molar-refractivity contribution is -0.00687. The zero-order valence-corrected chi connectivity index (χ0v) is 10.6. The number of methoxy groups -OCH3 is 1. The summed E-state index contributed by atoms with van der Waals surface area (Å²) in [7, 11) is 1.66. The standard InChI is InChI=1S/C15H22O2/c1-17-12-14(16)15(10-6-3-7-11-15)13-8-4-2-5-9-13/h2,4-5,8-9,14,16H,3,6-7,10-12H2,1H3. The number of aliphatic hydroxyl groups excluding tert-OH is 1. The highest BCUT2D eigenvalue weighted by molar-refractivity contribution is 5.27. The van der Waals surface area contributed by atoms with Crippen LogP contribution in [0.4, 0.5) is 0 Å². The summed E-state index contributed by atoms with van der Waals surface area (Å²) in [5, 5.41) is 10.5. The minimum Gasteiger partial charge on any atom is -0.390 e. The molecular weight excluding hydrogens is 212 g/mol. The van der Waals surface area contributed by atoms with E-state index < -0.39 is 6.10 Å². The van der Waals surface area contributed by atoms with Crippen LogP contribution >= 0.6 is 0 Å². The maximum atomic E-state index is 10.5. The van der Waals surface area contributed by atoms with Gasteiger partial charge in [0.1, 0.15) is 0 Å². The zero-order chi connectivity index (χ0) is 12.1. The molecule has 2 heteroatoms. The molecular formula is C15H22O2. The van der Waals surface area contributed by atoms with E-state index in [0.29, 0.717) is 6.61 Å². The fourth-order valence-electron chi connectivity index (χ4n) is 3.08. The summed E-state index contributed by atoms with van der Waals surface area (Å²) in [4.78, 5) is 0. The van der Waals surface area contributed by atoms with Crippen LogP contribution in [0.15, 0.2) is 30.3 Å². The Morgan fingerprint density at radius 2 is 1.82 bits per heavy atom. The molecule has 0 aliphatic heterocycles. The van der Waals surface area contributed by atoms with Crippen LogP contribution < -0.4 is 0 Å². The molecule has 2 nitrogen and oxygen atoms in total. The normalized spacial score (nSPS) is 21.1. The van der Waals surface area contributed by atoms with Gasteiger partial charge in [-0.3, -0.25) is 0 Å². The molecule has 0 heterocycles. The van der Waals surface area contributed by atoms with Crippen molar-refractivity contribution in [3.8, 4) is 0 Å². The molecule has 1 aromatic carbocycles. The van der Waals surface area contributed by atoms with Crippen LogP contribution in [0.5, 0.6) is 0 Å². The van der Waals surface area contributed by atoms with E-state index in [1.807, 2.05) is 6.07 Å². The van der Waals surface area contributed by atoms with Crippen molar-refractivity contribution < 1.29 is 9.84 Å². The van der Waals surface area contributed by atoms with E-state index in [-0.39, 0.29) is 5.41 Å². The Balaban J connectivity index is 2.29. The van der Waals surface area contributed by atoms with Crippen molar-refractivity contribution in [2.75, 3.05) is 13.7 Å². The van der Waals surface area contributed by atoms with E-state index >= 15 is 0 Å². The summed E-state index contributed by atoms with van der Waals surface area (Å²) in [6.45, 7) is 0.425. The van der Waals surface area contributed by atoms with E-state index in [1.165, 1.54) is 24.8 Å². The van der Waals surface area contributed by atoms with Gasteiger partial charge in [-0.1, -0.05) is 49.6 Å². The van der Waals surface area contributed by atoms with Gasteiger partial charge in [0.15, 0.2) is 0 Å². The number of aliphatic hydroxyl groups is 1. The summed E-state index contributed by atoms with van der Waals surface area (Å²) in [5.41, 5.74) is 1.18. The molecule has 1 aliphatic rings. The summed E-state index contributed by atoms with van der Waals surface area (Å²) in [6.07, 6.45) is 5.44. The first kappa shape index (κ1) is 12.6. The van der Waals surface area contributed by atoms with Crippen molar-refractivity contribution in [3.05, 3.63) is 35.9 Å². The third kappa shape index (κ3) is 2.53. The molecule has 1 unspecified atom stereocenters. The Labute approximate surface area is 104 Å². The average Bonchev–Trinajstić information content (AvgIpc) is 2.41. The van der Waals surface area contributed by atoms with Crippen molar-refractivity contribution in [3.63, 3.8) is 0 Å². The molecule has 0 saturated heterocycles. The van der Waals surface area contributed by atoms with Gasteiger partial charge in [0.05, 0.1) is 12.7 Å². The highest BCUT2D eigenvalue weighted by Gasteiger charge is 2.40. The lowest BCUT2D eigenvalue weighted by Crippen LogP contribution is -2.43. The Morgan fingerprint density at radius 3 is 2.41 bits per heavy atom. The number of rotatable bonds is 4. The molecule has 0 radical (unpaired) electrons. The predicted molar refractivity (Wildman–Crippen MR) is 69.1 cm³/mol. The summed E-state index contributed by atoms with van der Waals surface area (Å²) in [5.74, 6) is 0. The Morgan fingerprint density at radius 1 is 1.18 bits per heavy atom. The quantitative estimate of drug-likeness (QED) is 0.868. The molecule has 1 aromatic rings. The zero-order valence-electron chi connectivity index (χ0n) is 10.6. The van der Waals surface area contributed by atoms with Crippen LogP contribution in [0.25, 0.3) is 0 Å². The summed E-state index contributed by atoms with van der Waals surface area (Å²) in [6, 6.07) is 10.4. The number of benzene rings is 1. The van der Waals surface area contributed by atoms with Crippen LogP contribution in [-0.2, 0) is 10.2 Å². The Hall–Kier alpha value is -0.860. The SMILES string of the molecule is COCC(O)C1(c2ccccc2)CCCCC1. The van der Waals surface area contributed by atoms with Crippen LogP contribution in [0.2, 0.25) is 0 Å². The van der Waals surface area contributed by atoms with Crippen molar-refractivity contribution in [1.82, 2.24) is 0 Å². The first-order valence-electron chi connectivity index (χ1n) is 6.52. The second-order valence-corrected chi connectivity index (χ2v) is 5.05. The van der Waals surface area contributed by atoms with Gasteiger partial charge in [0.25, 0.3) is 0 Å². The predicted octanol–water partition coefficient (Wildman–Crippen LogP) is 2.90. The molecule has 0 amide bonds. The fraction of sp³-hybridized carbons (Fsp3) is 0.600. The van der Waals surface area contributed by atoms with Crippen molar-refractivity contribution in [1.29, 1.82) is 0 Å². The summed E-state index contributed by atoms with van der Waals surface area (Å²) >= 11 is 0. The second kappa shape index (κ2) is 5.65. The highest BCUT2D eigenvalue weighted by atomic mass is 16.5. The topological polar surface area (TPSA) is 29.5 Å². The molecule has 0 spiro atoms. The number of hydrogen-bond acceptors (Lipinski definition) is 2. The van der Waals surface area contributed by atoms with Gasteiger partial charge in [-0.2, -0.15) is 0 Å². The first-order chi connectivity index (χ1) is 8.29. The molecule has 1 atom stereocenters. The van der Waals surface area contributed by atoms with Gasteiger partial charge in [-0.25, -0.2) is 0 Å². The molecule has 1 fully saturated rings. The van der Waals surface area contributed by atoms with Crippen molar-refractivity contribution >= 4 is 0 Å². The monoisotopic (exact) mass is 234 g/mol. The van der Waals surface area contributed by atoms with Crippen LogP contribution in [0, 0.1) is 0 Å². The van der Waals surface area contributed by atoms with Gasteiger partial charge in [-0.05, 0) is 18.4 Å². The van der Waals surface area contributed by atoms with E-state index in [2.05, 4.69) is 24.3 Å². The lowest BCUT2D eigenvalue weighted by Gasteiger charge is -2.41. The minimum absolute atomic E-state index is 0.0878. The molecule has 1 N–H and O–H groups in total. The first-order valence-corrected chi connectivity index (χ1v) is 6.52. The smallest absolute Gasteiger partial charge is 0.0869 e. The average molecular weight is 234 g/mol. The molecule has 2 rings (SSSR count). The van der Waals surface area contributed by atoms with Gasteiger partial charge < -0.3 is 9.84 Å². The van der Waals surface area contributed by atoms with Crippen LogP contribution in [0.3, 0.4) is 0 Å². The molecule has 1 saturated carbocycles. The van der Waals surface area contributed by atoms with Crippen LogP contribution in [0.1, 0.15) is 37.7 Å². The third-order valence-corrected chi connectivity index (χ3v) is 4.06. The minimum atomic E-state index is -0.393. The van der Waals surface area contributed by atoms with Crippen molar-refractivity contribution in [2.45, 2.75) is 43.6 Å². The van der Waals surface area contributed by atoms with E-state index in [1.54, 1.807) is 7.11 Å².